The van der Waals surface area contributed by atoms with Crippen molar-refractivity contribution in [1.29, 1.82) is 0 Å². The summed E-state index contributed by atoms with van der Waals surface area (Å²) in [5.41, 5.74) is 1.33. The van der Waals surface area contributed by atoms with E-state index in [1.165, 1.54) is 17.4 Å². The Hall–Kier alpha value is -0.890. The van der Waals surface area contributed by atoms with Gasteiger partial charge in [-0.05, 0) is 36.1 Å². The number of thiophene rings is 1. The number of aliphatic hydroxyl groups excluding tert-OH is 1. The third-order valence-electron chi connectivity index (χ3n) is 2.65. The van der Waals surface area contributed by atoms with Gasteiger partial charge in [0.05, 0.1) is 17.2 Å². The summed E-state index contributed by atoms with van der Waals surface area (Å²) in [6, 6.07) is 6.79. The molecule has 1 heterocycles. The van der Waals surface area contributed by atoms with E-state index in [2.05, 4.69) is 20.7 Å². The van der Waals surface area contributed by atoms with Gasteiger partial charge in [-0.2, -0.15) is 0 Å². The molecule has 0 aliphatic heterocycles. The van der Waals surface area contributed by atoms with Crippen LogP contribution in [0.1, 0.15) is 10.4 Å². The quantitative estimate of drug-likeness (QED) is 0.878. The van der Waals surface area contributed by atoms with Crippen LogP contribution in [0.15, 0.2) is 39.0 Å². The lowest BCUT2D eigenvalue weighted by Gasteiger charge is -2.11. The first-order valence-electron chi connectivity index (χ1n) is 5.41. The molecule has 0 aliphatic carbocycles. The molecule has 102 valence electrons. The number of hydrogen-bond donors (Lipinski definition) is 2. The van der Waals surface area contributed by atoms with Crippen molar-refractivity contribution in [2.75, 3.05) is 4.72 Å². The molecule has 0 saturated heterocycles. The fourth-order valence-corrected chi connectivity index (χ4v) is 4.39. The lowest BCUT2D eigenvalue weighted by Crippen LogP contribution is -2.14. The molecule has 0 spiro atoms. The molecule has 0 unspecified atom stereocenters. The van der Waals surface area contributed by atoms with E-state index in [0.29, 0.717) is 10.6 Å². The third kappa shape index (κ3) is 3.00. The maximum atomic E-state index is 12.3. The summed E-state index contributed by atoms with van der Waals surface area (Å²) < 4.78 is 27.9. The molecule has 0 radical (unpaired) electrons. The molecular formula is C12H12BrNO3S2. The lowest BCUT2D eigenvalue weighted by atomic mass is 10.2. The maximum Gasteiger partial charge on any atom is 0.263 e. The van der Waals surface area contributed by atoms with Gasteiger partial charge in [0.1, 0.15) is 4.90 Å². The zero-order valence-electron chi connectivity index (χ0n) is 10.1. The van der Waals surface area contributed by atoms with E-state index in [4.69, 9.17) is 5.11 Å². The van der Waals surface area contributed by atoms with Gasteiger partial charge in [0.2, 0.25) is 0 Å². The van der Waals surface area contributed by atoms with Crippen molar-refractivity contribution in [2.24, 2.45) is 0 Å². The molecule has 0 atom stereocenters. The predicted molar refractivity (Wildman–Crippen MR) is 79.9 cm³/mol. The predicted octanol–water partition coefficient (Wildman–Crippen LogP) is 3.11. The van der Waals surface area contributed by atoms with Crippen LogP contribution in [0.3, 0.4) is 0 Å². The number of hydrogen-bond acceptors (Lipinski definition) is 4. The van der Waals surface area contributed by atoms with E-state index in [1.54, 1.807) is 17.5 Å². The molecule has 7 heteroatoms. The highest BCUT2D eigenvalue weighted by Crippen LogP contribution is 2.28. The monoisotopic (exact) mass is 361 g/mol. The summed E-state index contributed by atoms with van der Waals surface area (Å²) >= 11 is 4.57. The standard InChI is InChI=1S/C12H12BrNO3S2/c1-8-9(13)3-2-4-10(8)14-19(16,17)12-5-6-18-11(12)7-15/h2-6,14-15H,7H2,1H3. The Bertz CT molecular complexity index is 695. The minimum atomic E-state index is -3.67. The highest BCUT2D eigenvalue weighted by Gasteiger charge is 2.20. The van der Waals surface area contributed by atoms with Crippen LogP contribution in [-0.2, 0) is 16.6 Å². The van der Waals surface area contributed by atoms with Crippen molar-refractivity contribution in [3.8, 4) is 0 Å². The first-order valence-corrected chi connectivity index (χ1v) is 8.56. The Morgan fingerprint density at radius 3 is 2.79 bits per heavy atom. The SMILES string of the molecule is Cc1c(Br)cccc1NS(=O)(=O)c1ccsc1CO. The average molecular weight is 362 g/mol. The highest BCUT2D eigenvalue weighted by atomic mass is 79.9. The number of sulfonamides is 1. The second kappa shape index (κ2) is 5.62. The molecule has 2 rings (SSSR count). The summed E-state index contributed by atoms with van der Waals surface area (Å²) in [7, 11) is -3.67. The van der Waals surface area contributed by atoms with Gasteiger partial charge in [-0.1, -0.05) is 22.0 Å². The van der Waals surface area contributed by atoms with Crippen LogP contribution in [0.2, 0.25) is 0 Å². The van der Waals surface area contributed by atoms with E-state index < -0.39 is 10.0 Å². The smallest absolute Gasteiger partial charge is 0.263 e. The van der Waals surface area contributed by atoms with Crippen LogP contribution in [0.25, 0.3) is 0 Å². The molecule has 0 fully saturated rings. The van der Waals surface area contributed by atoms with Crippen molar-refractivity contribution < 1.29 is 13.5 Å². The van der Waals surface area contributed by atoms with Crippen LogP contribution in [-0.4, -0.2) is 13.5 Å². The fourth-order valence-electron chi connectivity index (χ4n) is 1.60. The van der Waals surface area contributed by atoms with Crippen LogP contribution in [0, 0.1) is 6.92 Å². The van der Waals surface area contributed by atoms with Gasteiger partial charge in [0.15, 0.2) is 0 Å². The zero-order valence-corrected chi connectivity index (χ0v) is 13.3. The second-order valence-corrected chi connectivity index (χ2v) is 7.39. The minimum Gasteiger partial charge on any atom is -0.391 e. The van der Waals surface area contributed by atoms with Gasteiger partial charge >= 0.3 is 0 Å². The molecule has 2 aromatic rings. The molecule has 19 heavy (non-hydrogen) atoms. The van der Waals surface area contributed by atoms with Crippen molar-refractivity contribution >= 4 is 43.0 Å². The van der Waals surface area contributed by atoms with Gasteiger partial charge in [0.25, 0.3) is 10.0 Å². The number of halogens is 1. The van der Waals surface area contributed by atoms with E-state index in [-0.39, 0.29) is 11.5 Å². The van der Waals surface area contributed by atoms with Gasteiger partial charge in [-0.25, -0.2) is 8.42 Å². The molecule has 2 N–H and O–H groups in total. The first kappa shape index (κ1) is 14.5. The molecular weight excluding hydrogens is 350 g/mol. The zero-order chi connectivity index (χ0) is 14.0. The highest BCUT2D eigenvalue weighted by molar-refractivity contribution is 9.10. The fraction of sp³-hybridized carbons (Fsp3) is 0.167. The van der Waals surface area contributed by atoms with Gasteiger partial charge < -0.3 is 5.11 Å². The van der Waals surface area contributed by atoms with Crippen molar-refractivity contribution in [2.45, 2.75) is 18.4 Å². The van der Waals surface area contributed by atoms with E-state index in [9.17, 15) is 8.42 Å². The Balaban J connectivity index is 2.40. The van der Waals surface area contributed by atoms with E-state index >= 15 is 0 Å². The van der Waals surface area contributed by atoms with E-state index in [1.807, 2.05) is 13.0 Å². The van der Waals surface area contributed by atoms with Gasteiger partial charge in [-0.3, -0.25) is 4.72 Å². The second-order valence-electron chi connectivity index (χ2n) is 3.88. The number of aliphatic hydroxyl groups is 1. The van der Waals surface area contributed by atoms with Gasteiger partial charge in [-0.15, -0.1) is 11.3 Å². The van der Waals surface area contributed by atoms with Crippen LogP contribution in [0.4, 0.5) is 5.69 Å². The Labute approximate surface area is 124 Å². The van der Waals surface area contributed by atoms with Gasteiger partial charge in [0, 0.05) is 4.47 Å². The largest absolute Gasteiger partial charge is 0.391 e. The molecule has 0 saturated carbocycles. The Morgan fingerprint density at radius 2 is 2.11 bits per heavy atom. The maximum absolute atomic E-state index is 12.3. The average Bonchev–Trinajstić information content (AvgIpc) is 2.84. The topological polar surface area (TPSA) is 66.4 Å². The third-order valence-corrected chi connectivity index (χ3v) is 5.99. The molecule has 4 nitrogen and oxygen atoms in total. The first-order chi connectivity index (χ1) is 8.95. The van der Waals surface area contributed by atoms with Crippen molar-refractivity contribution in [1.82, 2.24) is 0 Å². The number of rotatable bonds is 4. The molecule has 0 aliphatic rings. The minimum absolute atomic E-state index is 0.124. The number of benzene rings is 1. The van der Waals surface area contributed by atoms with Crippen molar-refractivity contribution in [3.63, 3.8) is 0 Å². The molecule has 1 aromatic carbocycles. The summed E-state index contributed by atoms with van der Waals surface area (Å²) in [6.45, 7) is 1.54. The Kier molecular flexibility index (Phi) is 4.29. The van der Waals surface area contributed by atoms with Crippen molar-refractivity contribution in [3.05, 3.63) is 44.6 Å². The van der Waals surface area contributed by atoms with Crippen LogP contribution < -0.4 is 4.72 Å². The van der Waals surface area contributed by atoms with Crippen LogP contribution >= 0.6 is 27.3 Å². The summed E-state index contributed by atoms with van der Waals surface area (Å²) in [4.78, 5) is 0.555. The summed E-state index contributed by atoms with van der Waals surface area (Å²) in [5.74, 6) is 0. The molecule has 0 bridgehead atoms. The summed E-state index contributed by atoms with van der Waals surface area (Å²) in [5, 5.41) is 10.8. The number of anilines is 1. The summed E-state index contributed by atoms with van der Waals surface area (Å²) in [6.07, 6.45) is 0. The normalized spacial score (nSPS) is 11.5. The molecule has 1 aromatic heterocycles. The Morgan fingerprint density at radius 1 is 1.37 bits per heavy atom. The van der Waals surface area contributed by atoms with Crippen LogP contribution in [0.5, 0.6) is 0 Å². The molecule has 0 amide bonds. The lowest BCUT2D eigenvalue weighted by molar-refractivity contribution is 0.282. The number of nitrogens with one attached hydrogen (secondary N) is 1. The van der Waals surface area contributed by atoms with E-state index in [0.717, 1.165) is 10.0 Å².